The molecule has 2 nitrogen and oxygen atoms in total. The molecule has 0 radical (unpaired) electrons. The number of hydrogen-bond acceptors (Lipinski definition) is 2. The van der Waals surface area contributed by atoms with Crippen molar-refractivity contribution in [2.75, 3.05) is 0 Å². The molecule has 0 saturated heterocycles. The molecule has 0 amide bonds. The Labute approximate surface area is 79.0 Å². The van der Waals surface area contributed by atoms with Crippen LogP contribution in [-0.4, -0.2) is 11.3 Å². The van der Waals surface area contributed by atoms with E-state index in [0.717, 1.165) is 30.5 Å². The Kier molecular flexibility index (Phi) is 3.62. The number of carbonyl (C=O) groups excluding carboxylic acids is 1. The van der Waals surface area contributed by atoms with E-state index in [2.05, 4.69) is 24.0 Å². The van der Waals surface area contributed by atoms with Gasteiger partial charge in [-0.1, -0.05) is 6.92 Å². The standard InChI is InChI=1S/C11H15NO/c1-3-10-7-9(2)12-11(8-10)5-4-6-13/h6-8H,3-5H2,1-2H3. The van der Waals surface area contributed by atoms with Crippen LogP contribution in [0.15, 0.2) is 12.1 Å². The van der Waals surface area contributed by atoms with Gasteiger partial charge < -0.3 is 4.79 Å². The van der Waals surface area contributed by atoms with Gasteiger partial charge in [-0.25, -0.2) is 0 Å². The highest BCUT2D eigenvalue weighted by molar-refractivity contribution is 5.49. The smallest absolute Gasteiger partial charge is 0.120 e. The molecule has 0 aromatic carbocycles. The SMILES string of the molecule is CCc1cc(C)nc(CCC=O)c1. The zero-order valence-corrected chi connectivity index (χ0v) is 8.21. The molecule has 0 aliphatic heterocycles. The van der Waals surface area contributed by atoms with Crippen molar-refractivity contribution >= 4 is 6.29 Å². The van der Waals surface area contributed by atoms with Crippen molar-refractivity contribution < 1.29 is 4.79 Å². The zero-order valence-electron chi connectivity index (χ0n) is 8.21. The summed E-state index contributed by atoms with van der Waals surface area (Å²) < 4.78 is 0. The van der Waals surface area contributed by atoms with E-state index >= 15 is 0 Å². The number of aldehydes is 1. The lowest BCUT2D eigenvalue weighted by Crippen LogP contribution is -1.95. The minimum Gasteiger partial charge on any atom is -0.303 e. The van der Waals surface area contributed by atoms with E-state index in [1.807, 2.05) is 6.92 Å². The molecule has 0 atom stereocenters. The van der Waals surface area contributed by atoms with Crippen LogP contribution in [0.3, 0.4) is 0 Å². The second-order valence-corrected chi connectivity index (χ2v) is 3.17. The number of rotatable bonds is 4. The Bertz CT molecular complexity index is 294. The lowest BCUT2D eigenvalue weighted by atomic mass is 10.1. The van der Waals surface area contributed by atoms with Crippen molar-refractivity contribution in [3.05, 3.63) is 29.1 Å². The predicted molar refractivity (Wildman–Crippen MR) is 52.7 cm³/mol. The third kappa shape index (κ3) is 2.98. The molecule has 0 fully saturated rings. The van der Waals surface area contributed by atoms with E-state index in [1.165, 1.54) is 5.56 Å². The van der Waals surface area contributed by atoms with Crippen LogP contribution in [0.25, 0.3) is 0 Å². The minimum absolute atomic E-state index is 0.569. The number of pyridine rings is 1. The van der Waals surface area contributed by atoms with Crippen LogP contribution in [0.2, 0.25) is 0 Å². The van der Waals surface area contributed by atoms with Crippen molar-refractivity contribution in [3.8, 4) is 0 Å². The molecule has 0 aliphatic carbocycles. The first-order valence-corrected chi connectivity index (χ1v) is 4.66. The summed E-state index contributed by atoms with van der Waals surface area (Å²) in [5.74, 6) is 0. The second kappa shape index (κ2) is 4.75. The Morgan fingerprint density at radius 3 is 2.85 bits per heavy atom. The number of carbonyl (C=O) groups is 1. The van der Waals surface area contributed by atoms with Crippen LogP contribution in [0.4, 0.5) is 0 Å². The van der Waals surface area contributed by atoms with Gasteiger partial charge in [0.25, 0.3) is 0 Å². The fourth-order valence-corrected chi connectivity index (χ4v) is 1.35. The summed E-state index contributed by atoms with van der Waals surface area (Å²) in [6.07, 6.45) is 3.30. The maximum Gasteiger partial charge on any atom is 0.120 e. The molecule has 1 aromatic rings. The molecule has 0 N–H and O–H groups in total. The summed E-state index contributed by atoms with van der Waals surface area (Å²) in [7, 11) is 0. The number of hydrogen-bond donors (Lipinski definition) is 0. The minimum atomic E-state index is 0.569. The summed E-state index contributed by atoms with van der Waals surface area (Å²) >= 11 is 0. The Balaban J connectivity index is 2.81. The third-order valence-corrected chi connectivity index (χ3v) is 1.99. The average molecular weight is 177 g/mol. The highest BCUT2D eigenvalue weighted by Crippen LogP contribution is 2.07. The lowest BCUT2D eigenvalue weighted by molar-refractivity contribution is -0.107. The first-order valence-electron chi connectivity index (χ1n) is 4.66. The molecular weight excluding hydrogens is 162 g/mol. The van der Waals surface area contributed by atoms with E-state index in [4.69, 9.17) is 0 Å². The summed E-state index contributed by atoms with van der Waals surface area (Å²) in [6.45, 7) is 4.11. The molecule has 70 valence electrons. The number of nitrogens with zero attached hydrogens (tertiary/aromatic N) is 1. The molecule has 13 heavy (non-hydrogen) atoms. The van der Waals surface area contributed by atoms with Crippen molar-refractivity contribution in [2.24, 2.45) is 0 Å². The molecule has 1 heterocycles. The van der Waals surface area contributed by atoms with Crippen LogP contribution in [0.1, 0.15) is 30.3 Å². The average Bonchev–Trinajstić information content (AvgIpc) is 2.14. The predicted octanol–water partition coefficient (Wildman–Crippen LogP) is 2.08. The normalized spacial score (nSPS) is 10.0. The second-order valence-electron chi connectivity index (χ2n) is 3.17. The summed E-state index contributed by atoms with van der Waals surface area (Å²) in [5.41, 5.74) is 3.37. The van der Waals surface area contributed by atoms with Gasteiger partial charge in [0.15, 0.2) is 0 Å². The fourth-order valence-electron chi connectivity index (χ4n) is 1.35. The summed E-state index contributed by atoms with van der Waals surface area (Å²) in [5, 5.41) is 0. The Morgan fingerprint density at radius 1 is 1.46 bits per heavy atom. The van der Waals surface area contributed by atoms with E-state index in [1.54, 1.807) is 0 Å². The molecule has 1 rings (SSSR count). The highest BCUT2D eigenvalue weighted by atomic mass is 16.1. The van der Waals surface area contributed by atoms with Crippen molar-refractivity contribution in [1.82, 2.24) is 4.98 Å². The largest absolute Gasteiger partial charge is 0.303 e. The zero-order chi connectivity index (χ0) is 9.68. The fraction of sp³-hybridized carbons (Fsp3) is 0.455. The molecule has 1 aromatic heterocycles. The lowest BCUT2D eigenvalue weighted by Gasteiger charge is -2.03. The maximum atomic E-state index is 10.2. The van der Waals surface area contributed by atoms with Gasteiger partial charge in [0.2, 0.25) is 0 Å². The highest BCUT2D eigenvalue weighted by Gasteiger charge is 1.98. The van der Waals surface area contributed by atoms with Crippen LogP contribution >= 0.6 is 0 Å². The first kappa shape index (κ1) is 9.90. The molecule has 0 bridgehead atoms. The molecule has 0 spiro atoms. The third-order valence-electron chi connectivity index (χ3n) is 1.99. The van der Waals surface area contributed by atoms with Gasteiger partial charge in [0, 0.05) is 17.8 Å². The molecule has 0 saturated carbocycles. The molecule has 2 heteroatoms. The van der Waals surface area contributed by atoms with Crippen LogP contribution in [-0.2, 0) is 17.6 Å². The van der Waals surface area contributed by atoms with Gasteiger partial charge in [-0.2, -0.15) is 0 Å². The van der Waals surface area contributed by atoms with Crippen LogP contribution in [0, 0.1) is 6.92 Å². The summed E-state index contributed by atoms with van der Waals surface area (Å²) in [4.78, 5) is 14.6. The van der Waals surface area contributed by atoms with E-state index < -0.39 is 0 Å². The summed E-state index contributed by atoms with van der Waals surface area (Å²) in [6, 6.07) is 4.17. The maximum absolute atomic E-state index is 10.2. The number of aromatic nitrogens is 1. The Hall–Kier alpha value is -1.18. The van der Waals surface area contributed by atoms with Crippen LogP contribution < -0.4 is 0 Å². The molecule has 0 unspecified atom stereocenters. The topological polar surface area (TPSA) is 30.0 Å². The monoisotopic (exact) mass is 177 g/mol. The van der Waals surface area contributed by atoms with Crippen molar-refractivity contribution in [3.63, 3.8) is 0 Å². The van der Waals surface area contributed by atoms with Gasteiger partial charge in [0.05, 0.1) is 0 Å². The van der Waals surface area contributed by atoms with E-state index in [-0.39, 0.29) is 0 Å². The quantitative estimate of drug-likeness (QED) is 0.659. The van der Waals surface area contributed by atoms with Gasteiger partial charge in [-0.3, -0.25) is 4.98 Å². The first-order chi connectivity index (χ1) is 6.26. The van der Waals surface area contributed by atoms with Gasteiger partial charge in [-0.15, -0.1) is 0 Å². The van der Waals surface area contributed by atoms with Crippen molar-refractivity contribution in [1.29, 1.82) is 0 Å². The van der Waals surface area contributed by atoms with Gasteiger partial charge in [-0.05, 0) is 37.5 Å². The van der Waals surface area contributed by atoms with E-state index in [9.17, 15) is 4.79 Å². The van der Waals surface area contributed by atoms with Crippen LogP contribution in [0.5, 0.6) is 0 Å². The molecular formula is C11H15NO. The van der Waals surface area contributed by atoms with Gasteiger partial charge in [0.1, 0.15) is 6.29 Å². The van der Waals surface area contributed by atoms with Gasteiger partial charge >= 0.3 is 0 Å². The number of aryl methyl sites for hydroxylation is 3. The Morgan fingerprint density at radius 2 is 2.23 bits per heavy atom. The van der Waals surface area contributed by atoms with E-state index in [0.29, 0.717) is 6.42 Å². The molecule has 0 aliphatic rings. The van der Waals surface area contributed by atoms with Crippen molar-refractivity contribution in [2.45, 2.75) is 33.1 Å².